The summed E-state index contributed by atoms with van der Waals surface area (Å²) in [5, 5.41) is 10.4. The Labute approximate surface area is 782 Å². The van der Waals surface area contributed by atoms with Crippen LogP contribution in [0.1, 0.15) is 75.2 Å². The van der Waals surface area contributed by atoms with E-state index in [-0.39, 0.29) is 47.3 Å². The Morgan fingerprint density at radius 2 is 0.865 bits per heavy atom. The van der Waals surface area contributed by atoms with Gasteiger partial charge in [-0.05, 0) is 136 Å². The zero-order valence-electron chi connectivity index (χ0n) is 76.3. The first-order valence-electron chi connectivity index (χ1n) is 45.7. The van der Waals surface area contributed by atoms with Crippen LogP contribution in [0.15, 0.2) is 169 Å². The molecule has 10 aliphatic rings. The van der Waals surface area contributed by atoms with Gasteiger partial charge in [0.2, 0.25) is 17.7 Å². The minimum atomic E-state index is -3.68. The van der Waals surface area contributed by atoms with Crippen molar-refractivity contribution in [3.8, 4) is 34.4 Å². The van der Waals surface area contributed by atoms with Gasteiger partial charge in [-0.2, -0.15) is 12.8 Å². The lowest BCUT2D eigenvalue weighted by Crippen LogP contribution is -2.47. The van der Waals surface area contributed by atoms with E-state index in [1.165, 1.54) is 43.3 Å². The number of ether oxygens (including phenoxy) is 2. The van der Waals surface area contributed by atoms with Crippen molar-refractivity contribution in [1.82, 2.24) is 65.3 Å². The highest BCUT2D eigenvalue weighted by Gasteiger charge is 2.37. The Hall–Kier alpha value is -8.69. The van der Waals surface area contributed by atoms with E-state index in [9.17, 15) is 64.5 Å². The second kappa shape index (κ2) is 46.9. The SMILES string of the molecule is CCc1cc(OC)cc2nc(-c3cccnc3F)oc(=O)c12.CCc1cc(OC)cc2nc(-c3cccnc3N3CC[C@@H](N4CCS(=O)(=O)CC4)C3)oc(=O)c12.Cc1ccc(S(=O)(=O)O[C@H]2CCN(Cc3ccccc3)C2)cc1.O=S1(=O)CCN([C@@H]2CCN(Cc3ccccc3)C2)CC1.O=S1(=O)CCN([C@@H]2CCNC2)CC1.O=S1(=O)CCN([C@@H]2CCNC2)CC1.O=S1(=O)CCNCC1.[HH]. The maximum atomic E-state index is 13.8. The van der Waals surface area contributed by atoms with Gasteiger partial charge in [0.1, 0.15) is 17.3 Å². The molecular formula is C93H127FN14O19S6. The number of methoxy groups -OCH3 is 2. The number of hydrogen-bond acceptors (Lipinski definition) is 33. The van der Waals surface area contributed by atoms with E-state index in [1.807, 2.05) is 57.2 Å². The molecule has 0 radical (unpaired) electrons. The molecule has 14 heterocycles. The van der Waals surface area contributed by atoms with Gasteiger partial charge in [0.05, 0.1) is 116 Å². The summed E-state index contributed by atoms with van der Waals surface area (Å²) in [5.74, 6) is 4.46. The number of likely N-dealkylation sites (tertiary alicyclic amines) is 2. The van der Waals surface area contributed by atoms with Crippen LogP contribution >= 0.6 is 0 Å². The van der Waals surface area contributed by atoms with Crippen LogP contribution in [0.4, 0.5) is 10.2 Å². The third-order valence-corrected chi connectivity index (χ3v) is 35.1. The molecule has 0 bridgehead atoms. The molecule has 0 unspecified atom stereocenters. The Morgan fingerprint density at radius 3 is 1.29 bits per heavy atom. The highest BCUT2D eigenvalue weighted by molar-refractivity contribution is 7.92. The van der Waals surface area contributed by atoms with Gasteiger partial charge in [-0.25, -0.2) is 71.6 Å². The molecular weight excluding hydrogens is 1830 g/mol. The van der Waals surface area contributed by atoms with Crippen LogP contribution in [0, 0.1) is 12.9 Å². The minimum absolute atomic E-state index is 0. The van der Waals surface area contributed by atoms with Crippen molar-refractivity contribution in [2.45, 2.75) is 114 Å². The molecule has 0 amide bonds. The number of aryl methyl sites for hydroxylation is 3. The van der Waals surface area contributed by atoms with Gasteiger partial charge in [-0.3, -0.25) is 33.6 Å². The van der Waals surface area contributed by atoms with Gasteiger partial charge in [-0.15, -0.1) is 0 Å². The zero-order chi connectivity index (χ0) is 94.5. The average Bonchev–Trinajstić information content (AvgIpc) is 1.20. The number of anilines is 1. The normalized spacial score (nSPS) is 23.0. The highest BCUT2D eigenvalue weighted by Crippen LogP contribution is 2.35. The Kier molecular flexibility index (Phi) is 35.9. The van der Waals surface area contributed by atoms with Crippen molar-refractivity contribution in [3.05, 3.63) is 200 Å². The van der Waals surface area contributed by atoms with Crippen molar-refractivity contribution in [2.24, 2.45) is 0 Å². The van der Waals surface area contributed by atoms with Crippen LogP contribution in [0.25, 0.3) is 44.7 Å². The molecule has 0 aliphatic carbocycles. The molecule has 133 heavy (non-hydrogen) atoms. The van der Waals surface area contributed by atoms with E-state index in [4.69, 9.17) is 22.5 Å². The molecule has 10 saturated heterocycles. The third-order valence-electron chi connectivity index (χ3n) is 25.7. The number of pyridine rings is 2. The molecule has 33 nitrogen and oxygen atoms in total. The van der Waals surface area contributed by atoms with E-state index >= 15 is 0 Å². The van der Waals surface area contributed by atoms with Crippen LogP contribution in [-0.2, 0) is 89.4 Å². The number of hydrogen-bond donors (Lipinski definition) is 3. The van der Waals surface area contributed by atoms with Gasteiger partial charge >= 0.3 is 11.3 Å². The lowest BCUT2D eigenvalue weighted by molar-refractivity contribution is 0.204. The summed E-state index contributed by atoms with van der Waals surface area (Å²) in [7, 11) is -14.3. The first-order chi connectivity index (χ1) is 63.7. The van der Waals surface area contributed by atoms with Crippen molar-refractivity contribution in [3.63, 3.8) is 0 Å². The molecule has 0 spiro atoms. The van der Waals surface area contributed by atoms with Gasteiger partial charge in [0.15, 0.2) is 49.2 Å². The quantitative estimate of drug-likeness (QED) is 0.0612. The second-order valence-electron chi connectivity index (χ2n) is 34.9. The number of benzene rings is 5. The molecule has 5 atom stereocenters. The van der Waals surface area contributed by atoms with Gasteiger partial charge in [0.25, 0.3) is 10.1 Å². The average molecular weight is 1960 g/mol. The summed E-state index contributed by atoms with van der Waals surface area (Å²) in [5.41, 5.74) is 5.88. The molecule has 40 heteroatoms. The van der Waals surface area contributed by atoms with E-state index < -0.39 is 76.5 Å². The maximum Gasteiger partial charge on any atom is 0.347 e. The Bertz CT molecular complexity index is 6130. The van der Waals surface area contributed by atoms with E-state index in [0.717, 1.165) is 134 Å². The predicted octanol–water partition coefficient (Wildman–Crippen LogP) is 6.46. The standard InChI is InChI=1S/C24H28N4O5S.C18H21NO3S.C16H13FN2O3.C15H22N2O2S.2C8H16N2O2S.C4H9NO2S.H2/c1-3-16-13-18(32-2)14-20-21(16)24(29)33-23(26-20)19-5-4-7-25-22(19)28-8-6-17(15-28)27-9-11-34(30,31)12-10-27;1-15-7-9-18(10-8-15)23(20,21)22-17-11-12-19(14-17)13-16-5-3-2-4-6-16;1-3-9-7-10(21-2)8-12-13(9)16(20)22-15(19-12)11-5-4-6-18-14(11)17;18-20(19)10-8-17(9-11-20)15-6-7-16(13-15)12-14-4-2-1-3-5-14;2*11-13(12)5-3-10(4-6-13)8-1-2-9-7-8;6-8(7)3-1-5-2-4-8;/h4-5,7,13-14,17H,3,6,8-12,15H2,1-2H3;2-10,17H,11-14H2,1H3;4-8H,3H2,1-2H3;1-5,15H,6-13H2;2*8-9H,1-7H2;5H,1-4H2;1H/t2*17-;;15-;2*8-;;/m10.111../s1. The van der Waals surface area contributed by atoms with E-state index in [0.29, 0.717) is 167 Å². The summed E-state index contributed by atoms with van der Waals surface area (Å²) >= 11 is 0. The molecule has 9 aromatic rings. The first-order valence-corrected chi connectivity index (χ1v) is 56.2. The summed E-state index contributed by atoms with van der Waals surface area (Å²) in [4.78, 5) is 58.7. The van der Waals surface area contributed by atoms with Crippen LogP contribution < -0.4 is 41.6 Å². The largest absolute Gasteiger partial charge is 0.497 e. The fourth-order valence-electron chi connectivity index (χ4n) is 18.0. The summed E-state index contributed by atoms with van der Waals surface area (Å²) in [6.45, 7) is 23.8. The van der Waals surface area contributed by atoms with Gasteiger partial charge in [-0.1, -0.05) is 92.2 Å². The number of halogens is 1. The maximum absolute atomic E-state index is 13.8. The molecule has 3 N–H and O–H groups in total. The number of sulfone groups is 5. The van der Waals surface area contributed by atoms with Crippen LogP contribution in [0.2, 0.25) is 0 Å². The topological polar surface area (TPSA) is 403 Å². The van der Waals surface area contributed by atoms with E-state index in [1.54, 1.807) is 67.9 Å². The fourth-order valence-corrected chi connectivity index (χ4v) is 25.1. The fraction of sp³-hybridized carbons (Fsp3) is 0.527. The molecule has 19 rings (SSSR count). The van der Waals surface area contributed by atoms with Crippen molar-refractivity contribution >= 4 is 86.9 Å². The smallest absolute Gasteiger partial charge is 0.347 e. The van der Waals surface area contributed by atoms with Gasteiger partial charge in [0, 0.05) is 181 Å². The lowest BCUT2D eigenvalue weighted by Gasteiger charge is -2.32. The number of fused-ring (bicyclic) bond motifs is 2. The number of aromatic nitrogens is 4. The van der Waals surface area contributed by atoms with Crippen molar-refractivity contribution in [1.29, 1.82) is 0 Å². The third kappa shape index (κ3) is 29.2. The highest BCUT2D eigenvalue weighted by atomic mass is 32.2. The molecule has 10 aliphatic heterocycles. The van der Waals surface area contributed by atoms with Gasteiger partial charge < -0.3 is 39.2 Å². The minimum Gasteiger partial charge on any atom is -0.497 e. The van der Waals surface area contributed by atoms with Crippen LogP contribution in [-0.4, -0.2) is 333 Å². The van der Waals surface area contributed by atoms with Crippen LogP contribution in [0.3, 0.4) is 0 Å². The Morgan fingerprint density at radius 1 is 0.451 bits per heavy atom. The Balaban J connectivity index is 0.000000146. The number of nitrogens with one attached hydrogen (secondary N) is 3. The second-order valence-corrected chi connectivity index (χ2v) is 48.0. The number of nitrogens with zero attached hydrogens (tertiary/aromatic N) is 11. The lowest BCUT2D eigenvalue weighted by atomic mass is 10.1. The summed E-state index contributed by atoms with van der Waals surface area (Å²) < 4.78 is 178. The summed E-state index contributed by atoms with van der Waals surface area (Å²) in [6.07, 6.45) is 9.19. The molecule has 0 saturated carbocycles. The molecule has 4 aromatic heterocycles. The zero-order valence-corrected chi connectivity index (χ0v) is 81.2. The number of rotatable bonds is 18. The molecule has 10 fully saturated rings. The monoisotopic (exact) mass is 1950 g/mol. The van der Waals surface area contributed by atoms with E-state index in [2.05, 4.69) is 107 Å². The summed E-state index contributed by atoms with van der Waals surface area (Å²) in [6, 6.07) is 43.1. The molecule has 5 aromatic carbocycles. The van der Waals surface area contributed by atoms with Crippen LogP contribution in [0.5, 0.6) is 11.5 Å². The van der Waals surface area contributed by atoms with Crippen molar-refractivity contribution in [2.75, 3.05) is 208 Å². The van der Waals surface area contributed by atoms with Crippen molar-refractivity contribution < 1.29 is 78.8 Å². The molecule has 726 valence electrons. The first kappa shape index (κ1) is 102. The predicted molar refractivity (Wildman–Crippen MR) is 516 cm³/mol.